The molecule has 0 N–H and O–H groups in total. The van der Waals surface area contributed by atoms with Crippen LogP contribution in [0.3, 0.4) is 0 Å². The summed E-state index contributed by atoms with van der Waals surface area (Å²) in [5.41, 5.74) is 1.02. The molecule has 0 spiro atoms. The van der Waals surface area contributed by atoms with Crippen molar-refractivity contribution in [1.29, 1.82) is 0 Å². The Morgan fingerprint density at radius 2 is 2.39 bits per heavy atom. The summed E-state index contributed by atoms with van der Waals surface area (Å²) < 4.78 is 13.1. The molecule has 0 radical (unpaired) electrons. The first-order valence-electron chi connectivity index (χ1n) is 7.68. The molecule has 23 heavy (non-hydrogen) atoms. The second-order valence-corrected chi connectivity index (χ2v) is 5.72. The Labute approximate surface area is 135 Å². The molecular weight excluding hydrogens is 294 g/mol. The maximum Gasteiger partial charge on any atom is 0.229 e. The third kappa shape index (κ3) is 3.31. The second-order valence-electron chi connectivity index (χ2n) is 5.72. The normalized spacial score (nSPS) is 16.3. The zero-order valence-electron chi connectivity index (χ0n) is 13.4. The molecule has 6 nitrogen and oxygen atoms in total. The van der Waals surface area contributed by atoms with Crippen molar-refractivity contribution in [3.8, 4) is 11.5 Å². The number of hydrogen-bond acceptors (Lipinski definition) is 4. The smallest absolute Gasteiger partial charge is 0.229 e. The molecule has 1 atom stereocenters. The van der Waals surface area contributed by atoms with Crippen LogP contribution in [0.5, 0.6) is 11.5 Å². The minimum atomic E-state index is -0.151. The van der Waals surface area contributed by atoms with Crippen molar-refractivity contribution >= 4 is 5.91 Å². The summed E-state index contributed by atoms with van der Waals surface area (Å²) in [6, 6.07) is 5.79. The maximum atomic E-state index is 12.6. The predicted molar refractivity (Wildman–Crippen MR) is 85.5 cm³/mol. The van der Waals surface area contributed by atoms with Gasteiger partial charge in [0.25, 0.3) is 0 Å². The van der Waals surface area contributed by atoms with E-state index in [1.807, 2.05) is 36.0 Å². The van der Waals surface area contributed by atoms with Crippen molar-refractivity contribution in [3.63, 3.8) is 0 Å². The molecular formula is C17H21N3O3. The maximum absolute atomic E-state index is 12.6. The second kappa shape index (κ2) is 6.73. The lowest BCUT2D eigenvalue weighted by atomic mass is 9.95. The highest BCUT2D eigenvalue weighted by molar-refractivity contribution is 5.79. The zero-order chi connectivity index (χ0) is 16.2. The lowest BCUT2D eigenvalue weighted by molar-refractivity contribution is -0.135. The third-order valence-corrected chi connectivity index (χ3v) is 4.15. The Morgan fingerprint density at radius 1 is 1.52 bits per heavy atom. The van der Waals surface area contributed by atoms with Crippen LogP contribution < -0.4 is 9.47 Å². The van der Waals surface area contributed by atoms with Gasteiger partial charge >= 0.3 is 0 Å². The van der Waals surface area contributed by atoms with E-state index in [9.17, 15) is 4.79 Å². The van der Waals surface area contributed by atoms with E-state index in [1.165, 1.54) is 0 Å². The number of fused-ring (bicyclic) bond motifs is 1. The standard InChI is InChI=1S/C17H21N3O3/c1-19(8-9-20-7-6-18-12-20)17(21)14-10-13-4-3-5-15(22-2)16(13)23-11-14/h3-7,12,14H,8-11H2,1-2H3/t14-/m0/s1. The monoisotopic (exact) mass is 315 g/mol. The Kier molecular flexibility index (Phi) is 4.50. The lowest BCUT2D eigenvalue weighted by Crippen LogP contribution is -2.40. The summed E-state index contributed by atoms with van der Waals surface area (Å²) in [6.45, 7) is 1.78. The van der Waals surface area contributed by atoms with Crippen molar-refractivity contribution in [3.05, 3.63) is 42.5 Å². The molecule has 1 aliphatic heterocycles. The molecule has 0 unspecified atom stereocenters. The van der Waals surface area contributed by atoms with Crippen LogP contribution in [0.2, 0.25) is 0 Å². The fraction of sp³-hybridized carbons (Fsp3) is 0.412. The molecule has 122 valence electrons. The highest BCUT2D eigenvalue weighted by atomic mass is 16.5. The van der Waals surface area contributed by atoms with Crippen molar-refractivity contribution < 1.29 is 14.3 Å². The number of aromatic nitrogens is 2. The van der Waals surface area contributed by atoms with Gasteiger partial charge in [-0.05, 0) is 18.1 Å². The number of hydrogen-bond donors (Lipinski definition) is 0. The van der Waals surface area contributed by atoms with E-state index in [0.717, 1.165) is 23.6 Å². The van der Waals surface area contributed by atoms with Crippen LogP contribution in [0, 0.1) is 5.92 Å². The topological polar surface area (TPSA) is 56.6 Å². The number of ether oxygens (including phenoxy) is 2. The fourth-order valence-corrected chi connectivity index (χ4v) is 2.82. The summed E-state index contributed by atoms with van der Waals surface area (Å²) in [7, 11) is 3.46. The van der Waals surface area contributed by atoms with Gasteiger partial charge < -0.3 is 18.9 Å². The number of carbonyl (C=O) groups is 1. The van der Waals surface area contributed by atoms with Crippen molar-refractivity contribution in [2.45, 2.75) is 13.0 Å². The first kappa shape index (κ1) is 15.4. The highest BCUT2D eigenvalue weighted by Gasteiger charge is 2.29. The zero-order valence-corrected chi connectivity index (χ0v) is 13.4. The fourth-order valence-electron chi connectivity index (χ4n) is 2.82. The molecule has 0 saturated carbocycles. The average molecular weight is 315 g/mol. The quantitative estimate of drug-likeness (QED) is 0.841. The number of imidazole rings is 1. The third-order valence-electron chi connectivity index (χ3n) is 4.15. The van der Waals surface area contributed by atoms with Crippen molar-refractivity contribution in [2.24, 2.45) is 5.92 Å². The van der Waals surface area contributed by atoms with Gasteiger partial charge in [-0.25, -0.2) is 4.98 Å². The molecule has 0 aliphatic carbocycles. The van der Waals surface area contributed by atoms with Gasteiger partial charge in [0, 0.05) is 32.5 Å². The van der Waals surface area contributed by atoms with Gasteiger partial charge in [0.1, 0.15) is 6.61 Å². The van der Waals surface area contributed by atoms with E-state index in [1.54, 1.807) is 24.5 Å². The minimum Gasteiger partial charge on any atom is -0.493 e. The molecule has 1 aliphatic rings. The molecule has 1 aromatic carbocycles. The van der Waals surface area contributed by atoms with E-state index < -0.39 is 0 Å². The van der Waals surface area contributed by atoms with Gasteiger partial charge in [0.15, 0.2) is 11.5 Å². The molecule has 0 saturated heterocycles. The van der Waals surface area contributed by atoms with Crippen LogP contribution in [0.1, 0.15) is 5.56 Å². The number of para-hydroxylation sites is 1. The lowest BCUT2D eigenvalue weighted by Gasteiger charge is -2.29. The van der Waals surface area contributed by atoms with Gasteiger partial charge in [0.2, 0.25) is 5.91 Å². The Morgan fingerprint density at radius 3 is 3.13 bits per heavy atom. The Balaban J connectivity index is 1.62. The SMILES string of the molecule is COc1cccc2c1OC[C@@H](C(=O)N(C)CCn1ccnc1)C2. The van der Waals surface area contributed by atoms with Gasteiger partial charge in [-0.3, -0.25) is 4.79 Å². The van der Waals surface area contributed by atoms with E-state index in [0.29, 0.717) is 19.6 Å². The van der Waals surface area contributed by atoms with E-state index >= 15 is 0 Å². The Hall–Kier alpha value is -2.50. The van der Waals surface area contributed by atoms with Crippen LogP contribution in [-0.2, 0) is 17.8 Å². The van der Waals surface area contributed by atoms with Gasteiger partial charge in [-0.15, -0.1) is 0 Å². The average Bonchev–Trinajstić information content (AvgIpc) is 3.11. The summed E-state index contributed by atoms with van der Waals surface area (Å²) >= 11 is 0. The molecule has 0 bridgehead atoms. The van der Waals surface area contributed by atoms with Gasteiger partial charge in [-0.2, -0.15) is 0 Å². The molecule has 6 heteroatoms. The number of rotatable bonds is 5. The van der Waals surface area contributed by atoms with Gasteiger partial charge in [-0.1, -0.05) is 12.1 Å². The minimum absolute atomic E-state index is 0.110. The first-order chi connectivity index (χ1) is 11.2. The summed E-state index contributed by atoms with van der Waals surface area (Å²) in [5, 5.41) is 0. The van der Waals surface area contributed by atoms with Crippen LogP contribution in [0.25, 0.3) is 0 Å². The van der Waals surface area contributed by atoms with E-state index in [2.05, 4.69) is 4.98 Å². The number of methoxy groups -OCH3 is 1. The first-order valence-corrected chi connectivity index (χ1v) is 7.68. The number of likely N-dealkylation sites (N-methyl/N-ethyl adjacent to an activating group) is 1. The number of benzene rings is 1. The number of nitrogens with zero attached hydrogens (tertiary/aromatic N) is 3. The van der Waals surface area contributed by atoms with Crippen LogP contribution in [0.15, 0.2) is 36.9 Å². The number of amides is 1. The molecule has 0 fully saturated rings. The number of carbonyl (C=O) groups excluding carboxylic acids is 1. The summed E-state index contributed by atoms with van der Waals surface area (Å²) in [4.78, 5) is 18.4. The summed E-state index contributed by atoms with van der Waals surface area (Å²) in [5.74, 6) is 1.45. The van der Waals surface area contributed by atoms with Crippen LogP contribution in [0.4, 0.5) is 0 Å². The summed E-state index contributed by atoms with van der Waals surface area (Å²) in [6.07, 6.45) is 6.07. The molecule has 3 rings (SSSR count). The molecule has 1 aromatic heterocycles. The van der Waals surface area contributed by atoms with E-state index in [4.69, 9.17) is 9.47 Å². The Bertz CT molecular complexity index is 670. The largest absolute Gasteiger partial charge is 0.493 e. The van der Waals surface area contributed by atoms with Crippen molar-refractivity contribution in [1.82, 2.24) is 14.5 Å². The van der Waals surface area contributed by atoms with E-state index in [-0.39, 0.29) is 11.8 Å². The van der Waals surface area contributed by atoms with Gasteiger partial charge in [0.05, 0.1) is 19.4 Å². The predicted octanol–water partition coefficient (Wildman–Crippen LogP) is 1.60. The molecule has 1 amide bonds. The highest BCUT2D eigenvalue weighted by Crippen LogP contribution is 2.36. The van der Waals surface area contributed by atoms with Crippen LogP contribution >= 0.6 is 0 Å². The molecule has 2 aromatic rings. The molecule has 2 heterocycles. The van der Waals surface area contributed by atoms with Crippen LogP contribution in [-0.4, -0.2) is 47.7 Å². The van der Waals surface area contributed by atoms with Crippen molar-refractivity contribution in [2.75, 3.05) is 27.3 Å².